The number of hydrogen-bond acceptors (Lipinski definition) is 7. The van der Waals surface area contributed by atoms with Crippen molar-refractivity contribution in [3.05, 3.63) is 95.3 Å². The molecule has 3 aromatic carbocycles. The normalized spacial score (nSPS) is 17.2. The highest BCUT2D eigenvalue weighted by molar-refractivity contribution is 7.88. The molecule has 0 aliphatic carbocycles. The number of carbonyl (C=O) groups excluding carboxylic acids is 3. The number of hydrogen-bond donors (Lipinski definition) is 0. The van der Waals surface area contributed by atoms with Crippen LogP contribution in [0.4, 0.5) is 10.1 Å². The van der Waals surface area contributed by atoms with Crippen molar-refractivity contribution >= 4 is 33.6 Å². The molecular formula is C33H37FN2O7S. The van der Waals surface area contributed by atoms with Crippen LogP contribution in [0.15, 0.2) is 72.8 Å². The number of benzene rings is 3. The fraction of sp³-hybridized carbons (Fsp3) is 0.364. The molecule has 1 aliphatic heterocycles. The van der Waals surface area contributed by atoms with E-state index in [0.29, 0.717) is 49.2 Å². The summed E-state index contributed by atoms with van der Waals surface area (Å²) in [5.74, 6) is -1.41. The van der Waals surface area contributed by atoms with Crippen molar-refractivity contribution < 1.29 is 36.7 Å². The van der Waals surface area contributed by atoms with Crippen LogP contribution in [0.3, 0.4) is 0 Å². The van der Waals surface area contributed by atoms with Gasteiger partial charge in [-0.05, 0) is 78.8 Å². The Bertz CT molecular complexity index is 1580. The van der Waals surface area contributed by atoms with E-state index in [2.05, 4.69) is 0 Å². The van der Waals surface area contributed by atoms with E-state index < -0.39 is 39.8 Å². The second-order valence-electron chi connectivity index (χ2n) is 11.0. The lowest BCUT2D eigenvalue weighted by atomic mass is 9.78. The number of carbonyl (C=O) groups is 3. The van der Waals surface area contributed by atoms with Crippen molar-refractivity contribution in [2.24, 2.45) is 5.92 Å². The molecule has 0 N–H and O–H groups in total. The number of halogens is 1. The second kappa shape index (κ2) is 14.1. The van der Waals surface area contributed by atoms with Crippen LogP contribution in [0.5, 0.6) is 5.75 Å². The van der Waals surface area contributed by atoms with Crippen molar-refractivity contribution in [3.8, 4) is 5.75 Å². The standard InChI is InChI=1S/C33H37FN2O7S/c1-22(37)42-29-17-11-26(12-18-29)32-30(19-20-31(43-23(2)38)25-9-13-27(34)14-10-25)33(39)36(32)28-15-7-24(8-16-28)6-5-21-35(3)44(4,40)41/h7-18,30-32H,5-6,19-21H2,1-4H3. The Labute approximate surface area is 257 Å². The zero-order chi connectivity index (χ0) is 32.0. The molecule has 0 spiro atoms. The third-order valence-electron chi connectivity index (χ3n) is 7.71. The maximum Gasteiger partial charge on any atom is 0.308 e. The van der Waals surface area contributed by atoms with E-state index in [1.54, 1.807) is 36.2 Å². The van der Waals surface area contributed by atoms with Crippen molar-refractivity contribution in [2.75, 3.05) is 24.7 Å². The van der Waals surface area contributed by atoms with Gasteiger partial charge in [-0.15, -0.1) is 0 Å². The fourth-order valence-corrected chi connectivity index (χ4v) is 5.86. The van der Waals surface area contributed by atoms with Gasteiger partial charge in [-0.1, -0.05) is 36.4 Å². The molecule has 1 fully saturated rings. The SMILES string of the molecule is CC(=O)Oc1ccc(C2C(CCC(OC(C)=O)c3ccc(F)cc3)C(=O)N2c2ccc(CCCN(C)S(C)(=O)=O)cc2)cc1. The Morgan fingerprint density at radius 3 is 2.16 bits per heavy atom. The number of nitrogens with zero attached hydrogens (tertiary/aromatic N) is 2. The predicted octanol–water partition coefficient (Wildman–Crippen LogP) is 5.36. The second-order valence-corrected chi connectivity index (χ2v) is 13.1. The first-order valence-corrected chi connectivity index (χ1v) is 16.2. The molecule has 1 heterocycles. The topological polar surface area (TPSA) is 110 Å². The lowest BCUT2D eigenvalue weighted by Gasteiger charge is -2.48. The molecule has 0 bridgehead atoms. The van der Waals surface area contributed by atoms with E-state index in [9.17, 15) is 27.2 Å². The molecule has 3 unspecified atom stereocenters. The van der Waals surface area contributed by atoms with Crippen molar-refractivity contribution in [1.29, 1.82) is 0 Å². The average molecular weight is 625 g/mol. The van der Waals surface area contributed by atoms with Crippen LogP contribution in [0, 0.1) is 11.7 Å². The average Bonchev–Trinajstić information content (AvgIpc) is 2.96. The summed E-state index contributed by atoms with van der Waals surface area (Å²) < 4.78 is 48.9. The highest BCUT2D eigenvalue weighted by atomic mass is 32.2. The molecule has 0 saturated carbocycles. The first-order valence-electron chi connectivity index (χ1n) is 14.4. The van der Waals surface area contributed by atoms with Gasteiger partial charge in [0.15, 0.2) is 0 Å². The van der Waals surface area contributed by atoms with E-state index in [0.717, 1.165) is 11.1 Å². The van der Waals surface area contributed by atoms with Gasteiger partial charge < -0.3 is 14.4 Å². The van der Waals surface area contributed by atoms with Crippen LogP contribution >= 0.6 is 0 Å². The van der Waals surface area contributed by atoms with Crippen LogP contribution in [-0.4, -0.2) is 50.4 Å². The summed E-state index contributed by atoms with van der Waals surface area (Å²) in [4.78, 5) is 38.6. The first kappa shape index (κ1) is 32.8. The maximum atomic E-state index is 13.6. The number of sulfonamides is 1. The third kappa shape index (κ3) is 8.29. The minimum Gasteiger partial charge on any atom is -0.458 e. The van der Waals surface area contributed by atoms with E-state index in [1.165, 1.54) is 36.5 Å². The molecule has 0 radical (unpaired) electrons. The molecule has 234 valence electrons. The van der Waals surface area contributed by atoms with Crippen LogP contribution in [0.2, 0.25) is 0 Å². The van der Waals surface area contributed by atoms with Gasteiger partial charge in [0.05, 0.1) is 18.2 Å². The van der Waals surface area contributed by atoms with Gasteiger partial charge in [-0.2, -0.15) is 0 Å². The Morgan fingerprint density at radius 2 is 1.59 bits per heavy atom. The lowest BCUT2D eigenvalue weighted by Crippen LogP contribution is -2.55. The number of esters is 2. The van der Waals surface area contributed by atoms with Crippen LogP contribution in [0.1, 0.15) is 61.9 Å². The summed E-state index contributed by atoms with van der Waals surface area (Å²) in [5.41, 5.74) is 3.23. The highest BCUT2D eigenvalue weighted by Crippen LogP contribution is 2.47. The number of anilines is 1. The van der Waals surface area contributed by atoms with Crippen molar-refractivity contribution in [1.82, 2.24) is 4.31 Å². The van der Waals surface area contributed by atoms with Gasteiger partial charge in [-0.3, -0.25) is 14.4 Å². The molecule has 9 nitrogen and oxygen atoms in total. The minimum absolute atomic E-state index is 0.0812. The first-order chi connectivity index (χ1) is 20.8. The molecule has 0 aromatic heterocycles. The number of ether oxygens (including phenoxy) is 2. The number of aryl methyl sites for hydroxylation is 1. The van der Waals surface area contributed by atoms with Crippen molar-refractivity contribution in [3.63, 3.8) is 0 Å². The molecule has 1 saturated heterocycles. The van der Waals surface area contributed by atoms with Gasteiger partial charge in [0, 0.05) is 33.1 Å². The molecule has 3 atom stereocenters. The Hall–Kier alpha value is -4.09. The molecule has 1 amide bonds. The monoisotopic (exact) mass is 624 g/mol. The zero-order valence-corrected chi connectivity index (χ0v) is 26.1. The summed E-state index contributed by atoms with van der Waals surface area (Å²) in [5, 5.41) is 0. The zero-order valence-electron chi connectivity index (χ0n) is 25.2. The fourth-order valence-electron chi connectivity index (χ4n) is 5.40. The van der Waals surface area contributed by atoms with Gasteiger partial charge in [-0.25, -0.2) is 17.1 Å². The summed E-state index contributed by atoms with van der Waals surface area (Å²) in [7, 11) is -1.68. The Morgan fingerprint density at radius 1 is 0.955 bits per heavy atom. The molecule has 11 heteroatoms. The smallest absolute Gasteiger partial charge is 0.308 e. The summed E-state index contributed by atoms with van der Waals surface area (Å²) in [6.07, 6.45) is 2.65. The summed E-state index contributed by atoms with van der Waals surface area (Å²) in [6, 6.07) is 20.1. The van der Waals surface area contributed by atoms with Gasteiger partial charge in [0.2, 0.25) is 15.9 Å². The predicted molar refractivity (Wildman–Crippen MR) is 164 cm³/mol. The number of rotatable bonds is 13. The third-order valence-corrected chi connectivity index (χ3v) is 9.02. The van der Waals surface area contributed by atoms with Crippen LogP contribution < -0.4 is 9.64 Å². The Kier molecular flexibility index (Phi) is 10.5. The molecule has 1 aliphatic rings. The maximum absolute atomic E-state index is 13.6. The molecule has 44 heavy (non-hydrogen) atoms. The van der Waals surface area contributed by atoms with E-state index in [-0.39, 0.29) is 11.9 Å². The van der Waals surface area contributed by atoms with Crippen molar-refractivity contribution in [2.45, 2.75) is 51.7 Å². The number of amides is 1. The minimum atomic E-state index is -3.23. The quantitative estimate of drug-likeness (QED) is 0.143. The number of β-lactam (4-membered cyclic amide) rings is 1. The van der Waals surface area contributed by atoms with E-state index in [1.807, 2.05) is 36.4 Å². The van der Waals surface area contributed by atoms with Crippen LogP contribution in [-0.2, 0) is 35.6 Å². The van der Waals surface area contributed by atoms with Gasteiger partial charge in [0.1, 0.15) is 17.7 Å². The van der Waals surface area contributed by atoms with Crippen LogP contribution in [0.25, 0.3) is 0 Å². The van der Waals surface area contributed by atoms with Gasteiger partial charge in [0.25, 0.3) is 0 Å². The molecule has 4 rings (SSSR count). The highest BCUT2D eigenvalue weighted by Gasteiger charge is 2.48. The summed E-state index contributed by atoms with van der Waals surface area (Å²) in [6.45, 7) is 3.04. The molecular weight excluding hydrogens is 587 g/mol. The van der Waals surface area contributed by atoms with E-state index in [4.69, 9.17) is 9.47 Å². The summed E-state index contributed by atoms with van der Waals surface area (Å²) >= 11 is 0. The largest absolute Gasteiger partial charge is 0.458 e. The Balaban J connectivity index is 1.53. The molecule has 3 aromatic rings. The lowest BCUT2D eigenvalue weighted by molar-refractivity contribution is -0.147. The van der Waals surface area contributed by atoms with Gasteiger partial charge >= 0.3 is 11.9 Å². The van der Waals surface area contributed by atoms with E-state index >= 15 is 0 Å².